The van der Waals surface area contributed by atoms with Gasteiger partial charge in [-0.1, -0.05) is 17.5 Å². The normalized spacial score (nSPS) is 18.0. The molecule has 5 aromatic rings. The molecule has 0 spiro atoms. The van der Waals surface area contributed by atoms with Crippen molar-refractivity contribution in [3.8, 4) is 23.0 Å². The number of aliphatic hydroxyl groups is 1. The number of carbonyl (C=O) groups excluding carboxylic acids is 1. The first-order chi connectivity index (χ1) is 24.0. The number of fused-ring (bicyclic) bond motifs is 4. The Kier molecular flexibility index (Phi) is 8.38. The second-order valence-corrected chi connectivity index (χ2v) is 13.7. The van der Waals surface area contributed by atoms with Crippen molar-refractivity contribution < 1.29 is 36.2 Å². The maximum atomic E-state index is 15.3. The molecule has 0 saturated heterocycles. The van der Waals surface area contributed by atoms with Crippen LogP contribution in [0.3, 0.4) is 0 Å². The van der Waals surface area contributed by atoms with Crippen LogP contribution in [0.15, 0.2) is 42.5 Å². The maximum absolute atomic E-state index is 15.3. The molecule has 16 heteroatoms. The Balaban J connectivity index is 1.35. The minimum atomic E-state index is -3.44. The highest BCUT2D eigenvalue weighted by Gasteiger charge is 2.67. The van der Waals surface area contributed by atoms with Gasteiger partial charge in [0.05, 0.1) is 5.69 Å². The van der Waals surface area contributed by atoms with Crippen LogP contribution in [-0.4, -0.2) is 45.9 Å². The summed E-state index contributed by atoms with van der Waals surface area (Å²) in [6.45, 7) is 2.17. The highest BCUT2D eigenvalue weighted by Crippen LogP contribution is 2.68. The number of hydrogen-bond acceptors (Lipinski definition) is 7. The van der Waals surface area contributed by atoms with Gasteiger partial charge < -0.3 is 10.8 Å². The fraction of sp³-hybridized carbons (Fsp3) is 0.343. The van der Waals surface area contributed by atoms with E-state index in [4.69, 9.17) is 22.3 Å². The molecule has 0 bridgehead atoms. The van der Waals surface area contributed by atoms with Gasteiger partial charge in [0.25, 0.3) is 12.3 Å². The molecule has 3 N–H and O–H groups in total. The Morgan fingerprint density at radius 3 is 2.49 bits per heavy atom. The number of carbonyl (C=O) groups is 1. The quantitative estimate of drug-likeness (QED) is 0.0978. The molecule has 0 unspecified atom stereocenters. The number of nitrogen functional groups attached to an aromatic ring is 1. The minimum Gasteiger partial charge on any atom is -0.378 e. The summed E-state index contributed by atoms with van der Waals surface area (Å²) in [5, 5.41) is 22.2. The van der Waals surface area contributed by atoms with Crippen molar-refractivity contribution in [3.05, 3.63) is 93.2 Å². The van der Waals surface area contributed by atoms with E-state index in [-0.39, 0.29) is 52.1 Å². The third kappa shape index (κ3) is 6.42. The fourth-order valence-electron chi connectivity index (χ4n) is 6.86. The predicted octanol–water partition coefficient (Wildman–Crippen LogP) is 6.76. The van der Waals surface area contributed by atoms with Crippen LogP contribution in [0.25, 0.3) is 16.8 Å². The van der Waals surface area contributed by atoms with E-state index in [1.165, 1.54) is 24.3 Å². The second kappa shape index (κ2) is 12.4. The van der Waals surface area contributed by atoms with E-state index in [1.807, 2.05) is 0 Å². The number of benzene rings is 1. The van der Waals surface area contributed by atoms with Crippen molar-refractivity contribution in [2.75, 3.05) is 5.73 Å². The first kappa shape index (κ1) is 34.5. The Hall–Kier alpha value is -4.94. The third-order valence-electron chi connectivity index (χ3n) is 9.00. The van der Waals surface area contributed by atoms with Gasteiger partial charge in [-0.25, -0.2) is 22.5 Å². The van der Waals surface area contributed by atoms with E-state index < -0.39 is 77.5 Å². The predicted molar refractivity (Wildman–Crippen MR) is 173 cm³/mol. The number of hydrogen-bond donors (Lipinski definition) is 2. The van der Waals surface area contributed by atoms with E-state index in [0.29, 0.717) is 21.9 Å². The summed E-state index contributed by atoms with van der Waals surface area (Å²) in [6, 6.07) is 9.17. The average molecular weight is 728 g/mol. The molecular formula is C35H28ClF6N7O2. The summed E-state index contributed by atoms with van der Waals surface area (Å²) < 4.78 is 89.3. The number of nitrogens with zero attached hydrogens (tertiary/aromatic N) is 6. The zero-order valence-electron chi connectivity index (χ0n) is 26.9. The molecule has 1 saturated carbocycles. The third-order valence-corrected chi connectivity index (χ3v) is 9.29. The molecule has 2 aliphatic carbocycles. The van der Waals surface area contributed by atoms with Crippen molar-refractivity contribution in [2.45, 2.75) is 69.4 Å². The largest absolute Gasteiger partial charge is 0.378 e. The van der Waals surface area contributed by atoms with Crippen LogP contribution in [0, 0.1) is 29.4 Å². The number of aromatic nitrogens is 6. The van der Waals surface area contributed by atoms with Crippen LogP contribution >= 0.6 is 11.6 Å². The fourth-order valence-corrected chi connectivity index (χ4v) is 7.09. The van der Waals surface area contributed by atoms with Crippen LogP contribution < -0.4 is 5.73 Å². The monoisotopic (exact) mass is 727 g/mol. The van der Waals surface area contributed by atoms with Gasteiger partial charge in [0.15, 0.2) is 11.4 Å². The SMILES string of the molecule is CC(C)(O)C#Cc1ccc(-c2ccc(Cl)n3c(N)nnc23)c([C@@H](CC(=O)Cn2nc(C(F)F)c3c2C(F)(F)[C@@H]2C[C@H]32)Cc2cc(F)cc(F)c2)n1. The van der Waals surface area contributed by atoms with Crippen LogP contribution in [0.2, 0.25) is 5.15 Å². The number of rotatable bonds is 9. The van der Waals surface area contributed by atoms with Crippen molar-refractivity contribution in [2.24, 2.45) is 5.92 Å². The van der Waals surface area contributed by atoms with E-state index in [0.717, 1.165) is 12.1 Å². The van der Waals surface area contributed by atoms with Gasteiger partial charge in [-0.3, -0.25) is 13.9 Å². The molecule has 9 nitrogen and oxygen atoms in total. The van der Waals surface area contributed by atoms with Crippen molar-refractivity contribution in [1.29, 1.82) is 0 Å². The van der Waals surface area contributed by atoms with Crippen molar-refractivity contribution in [3.63, 3.8) is 0 Å². The minimum absolute atomic E-state index is 0.0228. The lowest BCUT2D eigenvalue weighted by Gasteiger charge is -2.21. The number of alkyl halides is 4. The Labute approximate surface area is 291 Å². The van der Waals surface area contributed by atoms with E-state index in [9.17, 15) is 27.5 Å². The second-order valence-electron chi connectivity index (χ2n) is 13.3. The number of Topliss-reactive ketones (excluding diaryl/α,β-unsaturated/α-hetero) is 1. The highest BCUT2D eigenvalue weighted by atomic mass is 35.5. The van der Waals surface area contributed by atoms with E-state index in [2.05, 4.69) is 27.1 Å². The molecular weight excluding hydrogens is 700 g/mol. The summed E-state index contributed by atoms with van der Waals surface area (Å²) in [6.07, 6.45) is -3.69. The molecule has 4 aromatic heterocycles. The Morgan fingerprint density at radius 1 is 1.10 bits per heavy atom. The lowest BCUT2D eigenvalue weighted by Crippen LogP contribution is -2.24. The molecule has 0 radical (unpaired) electrons. The summed E-state index contributed by atoms with van der Waals surface area (Å²) in [5.41, 5.74) is 4.43. The highest BCUT2D eigenvalue weighted by molar-refractivity contribution is 6.30. The van der Waals surface area contributed by atoms with Gasteiger partial charge in [0.1, 0.15) is 46.0 Å². The maximum Gasteiger partial charge on any atom is 0.293 e. The van der Waals surface area contributed by atoms with Crippen LogP contribution in [-0.2, 0) is 23.7 Å². The standard InChI is InChI=1S/C35H28ClF6N7O2/c1-34(2,51)8-7-20-3-4-22(23-5-6-26(36)49-32(23)45-46-33(49)43)28(44-20)17(9-16-10-18(37)13-19(38)11-16)12-21(50)15-48-30-27(29(47-48)31(39)40)24-14-25(24)35(30,41)42/h3-6,10-11,13,17,24-25,31,51H,9,12,14-15H2,1-2H3,(H2,43,46)/t17-,24+,25-/m1/s1. The van der Waals surface area contributed by atoms with E-state index >= 15 is 8.78 Å². The number of pyridine rings is 2. The Morgan fingerprint density at radius 2 is 1.80 bits per heavy atom. The van der Waals surface area contributed by atoms with Crippen molar-refractivity contribution >= 4 is 29.0 Å². The zero-order valence-corrected chi connectivity index (χ0v) is 27.7. The first-order valence-electron chi connectivity index (χ1n) is 15.8. The summed E-state index contributed by atoms with van der Waals surface area (Å²) in [7, 11) is 0. The molecule has 264 valence electrons. The molecule has 1 fully saturated rings. The Bertz CT molecular complexity index is 2270. The molecule has 3 atom stereocenters. The topological polar surface area (TPSA) is 124 Å². The summed E-state index contributed by atoms with van der Waals surface area (Å²) in [5.74, 6) is -3.33. The van der Waals surface area contributed by atoms with Gasteiger partial charge in [-0.15, -0.1) is 10.2 Å². The van der Waals surface area contributed by atoms with Crippen molar-refractivity contribution in [1.82, 2.24) is 29.4 Å². The number of nitrogens with two attached hydrogens (primary N) is 1. The molecule has 1 aromatic carbocycles. The van der Waals surface area contributed by atoms with Gasteiger partial charge >= 0.3 is 0 Å². The molecule has 0 amide bonds. The van der Waals surface area contributed by atoms with Gasteiger partial charge in [0.2, 0.25) is 5.95 Å². The van der Waals surface area contributed by atoms with Crippen LogP contribution in [0.5, 0.6) is 0 Å². The average Bonchev–Trinajstić information content (AvgIpc) is 3.53. The summed E-state index contributed by atoms with van der Waals surface area (Å²) in [4.78, 5) is 18.6. The molecule has 4 heterocycles. The number of anilines is 1. The lowest BCUT2D eigenvalue weighted by atomic mass is 9.86. The molecule has 0 aliphatic heterocycles. The zero-order chi connectivity index (χ0) is 36.6. The summed E-state index contributed by atoms with van der Waals surface area (Å²) >= 11 is 6.37. The van der Waals surface area contributed by atoms with Crippen LogP contribution in [0.4, 0.5) is 32.3 Å². The molecule has 7 rings (SSSR count). The molecule has 51 heavy (non-hydrogen) atoms. The van der Waals surface area contributed by atoms with Gasteiger partial charge in [-0.05, 0) is 80.5 Å². The number of ketones is 1. The van der Waals surface area contributed by atoms with Gasteiger partial charge in [0, 0.05) is 41.0 Å². The van der Waals surface area contributed by atoms with Crippen LogP contribution in [0.1, 0.15) is 78.9 Å². The number of halogens is 7. The molecule has 2 aliphatic rings. The smallest absolute Gasteiger partial charge is 0.293 e. The van der Waals surface area contributed by atoms with Gasteiger partial charge in [-0.2, -0.15) is 13.9 Å². The lowest BCUT2D eigenvalue weighted by molar-refractivity contribution is -0.120. The first-order valence-corrected chi connectivity index (χ1v) is 16.2. The van der Waals surface area contributed by atoms with E-state index in [1.54, 1.807) is 18.2 Å².